The first-order valence-electron chi connectivity index (χ1n) is 11.3. The Morgan fingerprint density at radius 2 is 1.89 bits per heavy atom. The lowest BCUT2D eigenvalue weighted by Crippen LogP contribution is -2.48. The number of amides is 1. The van der Waals surface area contributed by atoms with Crippen LogP contribution in [0.1, 0.15) is 54.1 Å². The molecule has 2 N–H and O–H groups in total. The van der Waals surface area contributed by atoms with Gasteiger partial charge in [-0.1, -0.05) is 0 Å². The highest BCUT2D eigenvalue weighted by molar-refractivity contribution is 5.94. The van der Waals surface area contributed by atoms with E-state index in [1.54, 1.807) is 4.90 Å². The van der Waals surface area contributed by atoms with Gasteiger partial charge < -0.3 is 19.9 Å². The van der Waals surface area contributed by atoms with Crippen LogP contribution in [-0.2, 0) is 10.9 Å². The number of aromatic nitrogens is 3. The monoisotopic (exact) mass is 507 g/mol. The van der Waals surface area contributed by atoms with E-state index in [1.807, 2.05) is 13.8 Å². The van der Waals surface area contributed by atoms with Gasteiger partial charge in [0.05, 0.1) is 40.3 Å². The molecule has 12 heteroatoms. The molecule has 3 atom stereocenters. The number of alkyl halides is 3. The van der Waals surface area contributed by atoms with Crippen LogP contribution in [0.3, 0.4) is 0 Å². The number of hydrogen-bond donors (Lipinski definition) is 2. The first kappa shape index (κ1) is 25.5. The van der Waals surface area contributed by atoms with Crippen molar-refractivity contribution in [2.45, 2.75) is 52.1 Å². The third kappa shape index (κ3) is 5.18. The van der Waals surface area contributed by atoms with E-state index in [0.29, 0.717) is 13.1 Å². The van der Waals surface area contributed by atoms with Gasteiger partial charge in [-0.3, -0.25) is 9.59 Å². The molecule has 3 unspecified atom stereocenters. The molecule has 36 heavy (non-hydrogen) atoms. The van der Waals surface area contributed by atoms with E-state index in [9.17, 15) is 27.2 Å². The molecule has 1 aliphatic rings. The van der Waals surface area contributed by atoms with Gasteiger partial charge in [-0.15, -0.1) is 0 Å². The molecule has 1 amide bonds. The highest BCUT2D eigenvalue weighted by atomic mass is 19.4. The van der Waals surface area contributed by atoms with E-state index in [2.05, 4.69) is 20.3 Å². The number of morpholine rings is 1. The molecule has 0 bridgehead atoms. The van der Waals surface area contributed by atoms with Crippen LogP contribution in [-0.4, -0.2) is 51.1 Å². The molecule has 192 valence electrons. The predicted molar refractivity (Wildman–Crippen MR) is 124 cm³/mol. The molecule has 0 saturated carbocycles. The average Bonchev–Trinajstić information content (AvgIpc) is 2.77. The van der Waals surface area contributed by atoms with Gasteiger partial charge in [-0.05, 0) is 51.5 Å². The first-order chi connectivity index (χ1) is 16.8. The Morgan fingerprint density at radius 3 is 2.50 bits per heavy atom. The second-order valence-corrected chi connectivity index (χ2v) is 8.99. The number of anilines is 1. The summed E-state index contributed by atoms with van der Waals surface area (Å²) in [6, 6.07) is 1.81. The quantitative estimate of drug-likeness (QED) is 0.514. The number of H-pyrrole nitrogens is 1. The van der Waals surface area contributed by atoms with Crippen LogP contribution in [0, 0.1) is 12.7 Å². The number of aryl methyl sites for hydroxylation is 1. The third-order valence-corrected chi connectivity index (χ3v) is 5.92. The van der Waals surface area contributed by atoms with Crippen LogP contribution in [0.4, 0.5) is 23.4 Å². The SMILES string of the molecule is Cc1nc2cc(C(F)(F)F)c(C(C)Nc3ncc(C(=O)N4CC(C)OC(C)C4)cc3F)cc2c(=O)[nH]1. The van der Waals surface area contributed by atoms with Crippen molar-refractivity contribution >= 4 is 22.6 Å². The normalized spacial score (nSPS) is 19.4. The number of aromatic amines is 1. The van der Waals surface area contributed by atoms with Crippen molar-refractivity contribution in [3.8, 4) is 0 Å². The zero-order valence-electron chi connectivity index (χ0n) is 20.0. The number of halogens is 4. The Labute approximate surface area is 203 Å². The summed E-state index contributed by atoms with van der Waals surface area (Å²) in [6.07, 6.45) is -3.91. The van der Waals surface area contributed by atoms with Gasteiger partial charge in [0, 0.05) is 19.3 Å². The maximum absolute atomic E-state index is 14.9. The number of nitrogens with one attached hydrogen (secondary N) is 2. The fourth-order valence-corrected chi connectivity index (χ4v) is 4.39. The minimum Gasteiger partial charge on any atom is -0.372 e. The summed E-state index contributed by atoms with van der Waals surface area (Å²) in [5.74, 6) is -1.46. The summed E-state index contributed by atoms with van der Waals surface area (Å²) >= 11 is 0. The average molecular weight is 507 g/mol. The fourth-order valence-electron chi connectivity index (χ4n) is 4.39. The van der Waals surface area contributed by atoms with E-state index in [0.717, 1.165) is 18.2 Å². The largest absolute Gasteiger partial charge is 0.416 e. The molecule has 0 radical (unpaired) electrons. The molecular formula is C24H25F4N5O3. The maximum Gasteiger partial charge on any atom is 0.416 e. The van der Waals surface area contributed by atoms with Crippen molar-refractivity contribution in [1.29, 1.82) is 0 Å². The van der Waals surface area contributed by atoms with Crippen LogP contribution in [0.15, 0.2) is 29.2 Å². The first-order valence-corrected chi connectivity index (χ1v) is 11.3. The van der Waals surface area contributed by atoms with Crippen molar-refractivity contribution in [2.24, 2.45) is 0 Å². The number of carbonyl (C=O) groups excluding carboxylic acids is 1. The van der Waals surface area contributed by atoms with Gasteiger partial charge in [-0.2, -0.15) is 13.2 Å². The number of nitrogens with zero attached hydrogens (tertiary/aromatic N) is 3. The lowest BCUT2D eigenvalue weighted by molar-refractivity contribution is -0.138. The van der Waals surface area contributed by atoms with Crippen LogP contribution in [0.25, 0.3) is 10.9 Å². The molecular weight excluding hydrogens is 482 g/mol. The van der Waals surface area contributed by atoms with Crippen molar-refractivity contribution in [1.82, 2.24) is 19.9 Å². The number of fused-ring (bicyclic) bond motifs is 1. The molecule has 0 aliphatic carbocycles. The van der Waals surface area contributed by atoms with E-state index in [-0.39, 0.29) is 45.9 Å². The lowest BCUT2D eigenvalue weighted by atomic mass is 9.98. The summed E-state index contributed by atoms with van der Waals surface area (Å²) in [6.45, 7) is 7.21. The highest BCUT2D eigenvalue weighted by Crippen LogP contribution is 2.37. The zero-order chi connectivity index (χ0) is 26.4. The maximum atomic E-state index is 14.9. The van der Waals surface area contributed by atoms with Gasteiger partial charge in [0.1, 0.15) is 5.82 Å². The van der Waals surface area contributed by atoms with Crippen LogP contribution >= 0.6 is 0 Å². The molecule has 1 aromatic carbocycles. The van der Waals surface area contributed by atoms with Crippen molar-refractivity contribution < 1.29 is 27.1 Å². The van der Waals surface area contributed by atoms with Crippen molar-refractivity contribution in [3.05, 3.63) is 63.1 Å². The van der Waals surface area contributed by atoms with Gasteiger partial charge in [-0.25, -0.2) is 14.4 Å². The summed E-state index contributed by atoms with van der Waals surface area (Å²) in [7, 11) is 0. The van der Waals surface area contributed by atoms with E-state index < -0.39 is 35.1 Å². The van der Waals surface area contributed by atoms with E-state index in [4.69, 9.17) is 4.74 Å². The number of carbonyl (C=O) groups is 1. The molecule has 2 aromatic heterocycles. The molecule has 8 nitrogen and oxygen atoms in total. The number of benzene rings is 1. The Kier molecular flexibility index (Phi) is 6.74. The van der Waals surface area contributed by atoms with Gasteiger partial charge >= 0.3 is 6.18 Å². The van der Waals surface area contributed by atoms with Gasteiger partial charge in [0.2, 0.25) is 0 Å². The Hall–Kier alpha value is -3.54. The minimum absolute atomic E-state index is 0.0154. The molecule has 1 fully saturated rings. The van der Waals surface area contributed by atoms with Gasteiger partial charge in [0.15, 0.2) is 11.6 Å². The standard InChI is InChI=1S/C24H25F4N5O3/c1-11-9-33(10-12(2)36-11)23(35)15-5-19(25)21(29-8-15)30-13(3)16-6-17-20(7-18(16)24(26,27)28)31-14(4)32-22(17)34/h5-8,11-13H,9-10H2,1-4H3,(H,29,30)(H,31,32,34). The predicted octanol–water partition coefficient (Wildman–Crippen LogP) is 4.21. The number of hydrogen-bond acceptors (Lipinski definition) is 6. The van der Waals surface area contributed by atoms with Crippen molar-refractivity contribution in [2.75, 3.05) is 18.4 Å². The Balaban J connectivity index is 1.63. The Bertz CT molecular complexity index is 1360. The second kappa shape index (κ2) is 9.49. The fraction of sp³-hybridized carbons (Fsp3) is 0.417. The summed E-state index contributed by atoms with van der Waals surface area (Å²) in [5.41, 5.74) is -1.95. The smallest absolute Gasteiger partial charge is 0.372 e. The number of rotatable bonds is 4. The van der Waals surface area contributed by atoms with Crippen molar-refractivity contribution in [3.63, 3.8) is 0 Å². The minimum atomic E-state index is -4.74. The van der Waals surface area contributed by atoms with Crippen LogP contribution in [0.5, 0.6) is 0 Å². The van der Waals surface area contributed by atoms with E-state index >= 15 is 0 Å². The number of pyridine rings is 1. The molecule has 3 heterocycles. The summed E-state index contributed by atoms with van der Waals surface area (Å²) in [5, 5.41) is 2.60. The lowest BCUT2D eigenvalue weighted by Gasteiger charge is -2.35. The molecule has 4 rings (SSSR count). The summed E-state index contributed by atoms with van der Waals surface area (Å²) in [4.78, 5) is 37.1. The topological polar surface area (TPSA) is 100 Å². The van der Waals surface area contributed by atoms with Crippen LogP contribution in [0.2, 0.25) is 0 Å². The third-order valence-electron chi connectivity index (χ3n) is 5.92. The molecule has 1 saturated heterocycles. The number of ether oxygens (including phenoxy) is 1. The Morgan fingerprint density at radius 1 is 1.22 bits per heavy atom. The van der Waals surface area contributed by atoms with E-state index in [1.165, 1.54) is 20.0 Å². The molecule has 3 aromatic rings. The molecule has 1 aliphatic heterocycles. The highest BCUT2D eigenvalue weighted by Gasteiger charge is 2.36. The van der Waals surface area contributed by atoms with Gasteiger partial charge in [0.25, 0.3) is 11.5 Å². The zero-order valence-corrected chi connectivity index (χ0v) is 20.0. The summed E-state index contributed by atoms with van der Waals surface area (Å²) < 4.78 is 62.0. The molecule has 0 spiro atoms. The van der Waals surface area contributed by atoms with Crippen LogP contribution < -0.4 is 10.9 Å². The second-order valence-electron chi connectivity index (χ2n) is 8.99.